The van der Waals surface area contributed by atoms with Gasteiger partial charge in [0.25, 0.3) is 0 Å². The third kappa shape index (κ3) is 32.9. The number of aliphatic hydroxyl groups excluding tert-OH is 9. The molecule has 15 atom stereocenters. The third-order valence-corrected chi connectivity index (χ3v) is 15.0. The van der Waals surface area contributed by atoms with Gasteiger partial charge in [-0.25, -0.2) is 0 Å². The maximum atomic E-state index is 13.9. The number of aliphatic hydroxyl groups is 9. The molecule has 3 saturated heterocycles. The predicted octanol–water partition coefficient (Wildman–Crippen LogP) is -6.27. The molecule has 17 N–H and O–H groups in total. The van der Waals surface area contributed by atoms with Gasteiger partial charge in [0.2, 0.25) is 47.3 Å². The lowest BCUT2D eigenvalue weighted by atomic mass is 9.97. The number of nitrogens with one attached hydrogen (secondary N) is 8. The largest absolute Gasteiger partial charge is 0.394 e. The summed E-state index contributed by atoms with van der Waals surface area (Å²) in [5.41, 5.74) is -1.81. The first kappa shape index (κ1) is 84.2. The fourth-order valence-corrected chi connectivity index (χ4v) is 9.99. The molecule has 0 bridgehead atoms. The van der Waals surface area contributed by atoms with Crippen LogP contribution in [-0.2, 0) is 85.7 Å². The van der Waals surface area contributed by atoms with Crippen LogP contribution < -0.4 is 42.5 Å². The van der Waals surface area contributed by atoms with E-state index < -0.39 is 159 Å². The summed E-state index contributed by atoms with van der Waals surface area (Å²) in [7, 11) is 0. The van der Waals surface area contributed by atoms with Crippen molar-refractivity contribution < 1.29 is 132 Å². The van der Waals surface area contributed by atoms with Crippen molar-refractivity contribution in [1.29, 1.82) is 0 Å². The summed E-state index contributed by atoms with van der Waals surface area (Å²) in [6, 6.07) is -3.48. The lowest BCUT2D eigenvalue weighted by molar-refractivity contribution is -0.270. The molecule has 0 saturated carbocycles. The number of ether oxygens (including phenoxy) is 10. The van der Waals surface area contributed by atoms with E-state index in [-0.39, 0.29) is 142 Å². The molecule has 0 spiro atoms. The topological polar surface area (TPSA) is 507 Å². The highest BCUT2D eigenvalue weighted by Gasteiger charge is 2.48. The Bertz CT molecular complexity index is 2080. The summed E-state index contributed by atoms with van der Waals surface area (Å²) in [5, 5.41) is 113. The molecular formula is C60H108N8O27. The molecule has 0 aromatic heterocycles. The Hall–Kier alpha value is -5.00. The zero-order valence-electron chi connectivity index (χ0n) is 55.5. The molecule has 3 heterocycles. The normalized spacial score (nSPS) is 26.7. The van der Waals surface area contributed by atoms with Crippen LogP contribution in [-0.4, -0.2) is 308 Å². The van der Waals surface area contributed by atoms with Crippen LogP contribution in [0.4, 0.5) is 0 Å². The Morgan fingerprint density at radius 2 is 0.684 bits per heavy atom. The summed E-state index contributed by atoms with van der Waals surface area (Å²) >= 11 is 0. The quantitative estimate of drug-likeness (QED) is 0.0252. The van der Waals surface area contributed by atoms with Gasteiger partial charge in [0.05, 0.1) is 84.9 Å². The van der Waals surface area contributed by atoms with Gasteiger partial charge in [-0.3, -0.25) is 38.4 Å². The first-order valence-corrected chi connectivity index (χ1v) is 32.4. The second kappa shape index (κ2) is 45.6. The van der Waals surface area contributed by atoms with Crippen LogP contribution >= 0.6 is 0 Å². The Balaban J connectivity index is 1.68. The summed E-state index contributed by atoms with van der Waals surface area (Å²) in [6.45, 7) is 7.09. The van der Waals surface area contributed by atoms with E-state index in [2.05, 4.69) is 42.5 Å². The van der Waals surface area contributed by atoms with E-state index in [1.807, 2.05) is 20.8 Å². The minimum atomic E-state index is -1.57. The summed E-state index contributed by atoms with van der Waals surface area (Å²) in [4.78, 5) is 101. The van der Waals surface area contributed by atoms with E-state index in [9.17, 15) is 84.3 Å². The molecule has 3 aliphatic rings. The van der Waals surface area contributed by atoms with Crippen LogP contribution in [0.3, 0.4) is 0 Å². The zero-order valence-corrected chi connectivity index (χ0v) is 55.5. The number of hydrogen-bond donors (Lipinski definition) is 17. The molecule has 0 radical (unpaired) electrons. The molecule has 3 aliphatic heterocycles. The monoisotopic (exact) mass is 1370 g/mol. The average molecular weight is 1370 g/mol. The fraction of sp³-hybridized carbons (Fsp3) is 0.867. The Labute approximate surface area is 553 Å². The van der Waals surface area contributed by atoms with Gasteiger partial charge in [-0.2, -0.15) is 0 Å². The number of hydrogen-bond acceptors (Lipinski definition) is 27. The van der Waals surface area contributed by atoms with Gasteiger partial charge in [-0.1, -0.05) is 12.8 Å². The summed E-state index contributed by atoms with van der Waals surface area (Å²) in [5.74, 6) is -3.95. The molecule has 3 fully saturated rings. The van der Waals surface area contributed by atoms with Crippen molar-refractivity contribution in [3.8, 4) is 0 Å². The molecule has 3 rings (SSSR count). The Kier molecular flexibility index (Phi) is 40.4. The van der Waals surface area contributed by atoms with Gasteiger partial charge in [0.1, 0.15) is 78.6 Å². The lowest BCUT2D eigenvalue weighted by Crippen LogP contribution is -2.64. The summed E-state index contributed by atoms with van der Waals surface area (Å²) < 4.78 is 57.7. The van der Waals surface area contributed by atoms with E-state index in [1.165, 1.54) is 20.8 Å². The van der Waals surface area contributed by atoms with E-state index in [0.717, 1.165) is 19.3 Å². The van der Waals surface area contributed by atoms with Crippen molar-refractivity contribution in [2.75, 3.05) is 112 Å². The van der Waals surface area contributed by atoms with Crippen molar-refractivity contribution in [1.82, 2.24) is 42.5 Å². The van der Waals surface area contributed by atoms with E-state index in [0.29, 0.717) is 19.6 Å². The van der Waals surface area contributed by atoms with Crippen LogP contribution in [0, 0.1) is 0 Å². The van der Waals surface area contributed by atoms with Gasteiger partial charge < -0.3 is 136 Å². The fourth-order valence-electron chi connectivity index (χ4n) is 9.99. The number of carbonyl (C=O) groups excluding carboxylic acids is 8. The van der Waals surface area contributed by atoms with E-state index in [1.54, 1.807) is 0 Å². The SMILES string of the molecule is CC(=O)NC1[C@H](OCCCNC(=O)CCOCC(COCCC(=O)NCCCO[C@@H]2OC(CO)[C@H](O)[C@H](O)C2NC(C)=O)(COCCC(=O)NCCCO[C@@H]2OC(CO)[C@H](O)[C@H](O)C2NC(C)=O)NC(=O)CCC(=O)NCCCCCCOC(C)(C)C)OC(CO)[C@H](O)[C@@H]1O. The first-order valence-electron chi connectivity index (χ1n) is 32.4. The highest BCUT2D eigenvalue weighted by Crippen LogP contribution is 2.25. The van der Waals surface area contributed by atoms with Crippen LogP contribution in [0.15, 0.2) is 0 Å². The van der Waals surface area contributed by atoms with Crippen molar-refractivity contribution in [3.63, 3.8) is 0 Å². The molecule has 0 aliphatic carbocycles. The molecule has 0 aromatic rings. The average Bonchev–Trinajstić information content (AvgIpc) is 0.850. The van der Waals surface area contributed by atoms with Crippen molar-refractivity contribution in [2.45, 2.75) is 222 Å². The molecule has 95 heavy (non-hydrogen) atoms. The van der Waals surface area contributed by atoms with Gasteiger partial charge >= 0.3 is 0 Å². The van der Waals surface area contributed by atoms with E-state index in [4.69, 9.17) is 47.4 Å². The zero-order chi connectivity index (χ0) is 70.5. The van der Waals surface area contributed by atoms with Crippen LogP contribution in [0.25, 0.3) is 0 Å². The van der Waals surface area contributed by atoms with Crippen molar-refractivity contribution in [2.24, 2.45) is 0 Å². The minimum absolute atomic E-state index is 0.0414. The second-order valence-corrected chi connectivity index (χ2v) is 24.5. The highest BCUT2D eigenvalue weighted by atomic mass is 16.7. The maximum absolute atomic E-state index is 13.9. The van der Waals surface area contributed by atoms with Gasteiger partial charge in [0.15, 0.2) is 18.9 Å². The molecule has 550 valence electrons. The molecular weight excluding hydrogens is 1260 g/mol. The van der Waals surface area contributed by atoms with Gasteiger partial charge in [-0.15, -0.1) is 0 Å². The Morgan fingerprint density at radius 1 is 0.379 bits per heavy atom. The summed E-state index contributed by atoms with van der Waals surface area (Å²) in [6.07, 6.45) is -13.4. The molecule has 0 aromatic carbocycles. The smallest absolute Gasteiger partial charge is 0.222 e. The number of rotatable bonds is 47. The van der Waals surface area contributed by atoms with Crippen LogP contribution in [0.1, 0.15) is 119 Å². The van der Waals surface area contributed by atoms with Crippen molar-refractivity contribution in [3.05, 3.63) is 0 Å². The third-order valence-electron chi connectivity index (χ3n) is 15.0. The number of amides is 8. The number of unbranched alkanes of at least 4 members (excludes halogenated alkanes) is 3. The minimum Gasteiger partial charge on any atom is -0.394 e. The highest BCUT2D eigenvalue weighted by molar-refractivity contribution is 5.84. The predicted molar refractivity (Wildman–Crippen MR) is 330 cm³/mol. The lowest BCUT2D eigenvalue weighted by Gasteiger charge is -2.42. The van der Waals surface area contributed by atoms with Crippen LogP contribution in [0.2, 0.25) is 0 Å². The second-order valence-electron chi connectivity index (χ2n) is 24.5. The molecule has 6 unspecified atom stereocenters. The van der Waals surface area contributed by atoms with Crippen LogP contribution in [0.5, 0.6) is 0 Å². The Morgan fingerprint density at radius 3 is 1.00 bits per heavy atom. The molecule has 35 nitrogen and oxygen atoms in total. The van der Waals surface area contributed by atoms with Crippen molar-refractivity contribution >= 4 is 47.3 Å². The standard InChI is InChI=1S/C60H108N8O27/c1-36(72)65-47-53(83)50(80)39(30-69)93-56(47)89-23-11-20-62-43(76)16-27-86-33-60(68-46(79)15-14-42(75)61-19-9-7-8-10-26-92-59(4,5)6,34-87-28-17-44(77)63-21-12-24-90-57-48(66-37(2)73)54(84)51(81)40(31-70)94-57)35-88-29-18-45(78)64-22-13-25-91-58-49(67-38(3)74)55(85)52(82)41(32-71)95-58/h39-41,47-58,69-71,80-85H,7-35H2,1-6H3,(H,61,75)(H,62,76)(H,63,77)(H,64,78)(H,65,72)(H,66,73)(H,67,74)(H,68,79)/t39?,40?,41?,47?,48?,49?,50-,51-,52-,53+,54+,55+,56+,57+,58+,60?/m0/s1. The maximum Gasteiger partial charge on any atom is 0.222 e. The molecule has 8 amide bonds. The first-order chi connectivity index (χ1) is 45.1. The van der Waals surface area contributed by atoms with E-state index >= 15 is 0 Å². The van der Waals surface area contributed by atoms with Gasteiger partial charge in [-0.05, 0) is 52.9 Å². The van der Waals surface area contributed by atoms with Gasteiger partial charge in [0, 0.05) is 85.7 Å². The number of carbonyl (C=O) groups is 8. The molecule has 35 heteroatoms.